The van der Waals surface area contributed by atoms with Gasteiger partial charge in [0, 0.05) is 5.88 Å². The first kappa shape index (κ1) is 12.2. The average Bonchev–Trinajstić information content (AvgIpc) is 2.76. The molecule has 0 saturated heterocycles. The van der Waals surface area contributed by atoms with Gasteiger partial charge in [0.15, 0.2) is 20.5 Å². The molecule has 7 nitrogen and oxygen atoms in total. The molecule has 2 heterocycles. The topological polar surface area (TPSA) is 90.1 Å². The summed E-state index contributed by atoms with van der Waals surface area (Å²) in [6.07, 6.45) is 3.00. The normalized spacial score (nSPS) is 14.0. The lowest BCUT2D eigenvalue weighted by Crippen LogP contribution is -2.21. The minimum absolute atomic E-state index is 0.0161. The van der Waals surface area contributed by atoms with Crippen LogP contribution >= 0.6 is 11.6 Å². The molecule has 0 fully saturated rings. The third kappa shape index (κ3) is 2.09. The molecule has 92 valence electrons. The molecule has 0 aliphatic carbocycles. The highest BCUT2D eigenvalue weighted by atomic mass is 35.5. The maximum Gasteiger partial charge on any atom is 0.199 e. The largest absolute Gasteiger partial charge is 0.258 e. The fourth-order valence-corrected chi connectivity index (χ4v) is 3.24. The molecule has 0 amide bonds. The molecule has 0 N–H and O–H groups in total. The highest BCUT2D eigenvalue weighted by Crippen LogP contribution is 2.17. The smallest absolute Gasteiger partial charge is 0.199 e. The molecular weight excluding hydrogens is 266 g/mol. The van der Waals surface area contributed by atoms with Crippen molar-refractivity contribution in [1.82, 2.24) is 25.0 Å². The van der Waals surface area contributed by atoms with Crippen LogP contribution in [0.3, 0.4) is 0 Å². The van der Waals surface area contributed by atoms with Crippen molar-refractivity contribution in [3.8, 4) is 0 Å². The number of sulfone groups is 1. The van der Waals surface area contributed by atoms with Gasteiger partial charge in [-0.15, -0.1) is 16.7 Å². The molecule has 9 heteroatoms. The van der Waals surface area contributed by atoms with E-state index in [1.54, 1.807) is 6.92 Å². The van der Waals surface area contributed by atoms with Gasteiger partial charge >= 0.3 is 0 Å². The van der Waals surface area contributed by atoms with Crippen molar-refractivity contribution >= 4 is 27.1 Å². The van der Waals surface area contributed by atoms with Crippen LogP contribution in [0, 0.1) is 0 Å². The van der Waals surface area contributed by atoms with Crippen molar-refractivity contribution in [2.45, 2.75) is 23.6 Å². The van der Waals surface area contributed by atoms with Crippen LogP contribution in [-0.2, 0) is 9.84 Å². The first-order chi connectivity index (χ1) is 8.07. The summed E-state index contributed by atoms with van der Waals surface area (Å²) in [4.78, 5) is 3.82. The van der Waals surface area contributed by atoms with E-state index >= 15 is 0 Å². The van der Waals surface area contributed by atoms with Gasteiger partial charge in [-0.2, -0.15) is 4.52 Å². The van der Waals surface area contributed by atoms with Gasteiger partial charge < -0.3 is 0 Å². The molecule has 1 unspecified atom stereocenters. The van der Waals surface area contributed by atoms with Crippen molar-refractivity contribution in [3.05, 3.63) is 12.4 Å². The number of fused-ring (bicyclic) bond motifs is 1. The second kappa shape index (κ2) is 4.53. The van der Waals surface area contributed by atoms with E-state index in [1.165, 1.54) is 12.4 Å². The number of hydrogen-bond acceptors (Lipinski definition) is 6. The highest BCUT2D eigenvalue weighted by molar-refractivity contribution is 7.92. The number of rotatable bonds is 4. The summed E-state index contributed by atoms with van der Waals surface area (Å²) in [6.45, 7) is 1.60. The lowest BCUT2D eigenvalue weighted by atomic mass is 10.4. The van der Waals surface area contributed by atoms with Crippen LogP contribution in [0.2, 0.25) is 0 Å². The molecule has 2 rings (SSSR count). The summed E-state index contributed by atoms with van der Waals surface area (Å²) in [5.41, 5.74) is 0.296. The van der Waals surface area contributed by atoms with Crippen LogP contribution < -0.4 is 0 Å². The number of nitrogens with zero attached hydrogens (tertiary/aromatic N) is 5. The summed E-state index contributed by atoms with van der Waals surface area (Å²) >= 11 is 5.56. The SMILES string of the molecule is CC(CCCl)S(=O)(=O)c1cncc2nnnn12. The van der Waals surface area contributed by atoms with E-state index in [9.17, 15) is 8.42 Å². The number of alkyl halides is 1. The lowest BCUT2D eigenvalue weighted by Gasteiger charge is -2.11. The zero-order valence-electron chi connectivity index (χ0n) is 8.99. The Bertz CT molecular complexity index is 626. The van der Waals surface area contributed by atoms with Crippen LogP contribution in [-0.4, -0.2) is 44.6 Å². The maximum atomic E-state index is 12.2. The first-order valence-corrected chi connectivity index (χ1v) is 6.97. The van der Waals surface area contributed by atoms with Crippen LogP contribution in [0.25, 0.3) is 5.65 Å². The Labute approximate surface area is 103 Å². The fourth-order valence-electron chi connectivity index (χ4n) is 1.36. The van der Waals surface area contributed by atoms with Gasteiger partial charge in [-0.1, -0.05) is 0 Å². The quantitative estimate of drug-likeness (QED) is 0.746. The molecule has 0 saturated carbocycles. The van der Waals surface area contributed by atoms with E-state index in [1.807, 2.05) is 0 Å². The van der Waals surface area contributed by atoms with Crippen molar-refractivity contribution < 1.29 is 8.42 Å². The molecule has 0 aromatic carbocycles. The summed E-state index contributed by atoms with van der Waals surface area (Å²) in [5.74, 6) is 0.277. The van der Waals surface area contributed by atoms with Crippen LogP contribution in [0.5, 0.6) is 0 Å². The average molecular weight is 276 g/mol. The fraction of sp³-hybridized carbons (Fsp3) is 0.500. The number of tetrazole rings is 1. The lowest BCUT2D eigenvalue weighted by molar-refractivity contribution is 0.570. The van der Waals surface area contributed by atoms with Crippen LogP contribution in [0.1, 0.15) is 13.3 Å². The molecule has 0 aliphatic rings. The second-order valence-corrected chi connectivity index (χ2v) is 6.22. The van der Waals surface area contributed by atoms with Crippen LogP contribution in [0.15, 0.2) is 17.4 Å². The van der Waals surface area contributed by atoms with Crippen molar-refractivity contribution in [1.29, 1.82) is 0 Å². The van der Waals surface area contributed by atoms with Gasteiger partial charge in [0.2, 0.25) is 0 Å². The predicted molar refractivity (Wildman–Crippen MR) is 60.6 cm³/mol. The molecule has 0 radical (unpaired) electrons. The molecule has 2 aromatic heterocycles. The summed E-state index contributed by atoms with van der Waals surface area (Å²) in [5, 5.41) is 10.1. The second-order valence-electron chi connectivity index (χ2n) is 3.53. The van der Waals surface area contributed by atoms with Gasteiger partial charge in [0.05, 0.1) is 17.6 Å². The Morgan fingerprint density at radius 1 is 1.47 bits per heavy atom. The van der Waals surface area contributed by atoms with Gasteiger partial charge in [0.25, 0.3) is 0 Å². The number of halogens is 1. The first-order valence-electron chi connectivity index (χ1n) is 4.89. The zero-order valence-corrected chi connectivity index (χ0v) is 10.6. The number of aromatic nitrogens is 5. The van der Waals surface area contributed by atoms with Gasteiger partial charge in [-0.05, 0) is 23.8 Å². The van der Waals surface area contributed by atoms with Crippen molar-refractivity contribution in [2.24, 2.45) is 0 Å². The number of hydrogen-bond donors (Lipinski definition) is 0. The standard InChI is InChI=1S/C8H10ClN5O2S/c1-6(2-3-9)17(15,16)8-5-10-4-7-11-12-13-14(7)8/h4-6H,2-3H2,1H3. The molecular formula is C8H10ClN5O2S. The minimum Gasteiger partial charge on any atom is -0.258 e. The molecule has 0 spiro atoms. The Hall–Kier alpha value is -1.28. The highest BCUT2D eigenvalue weighted by Gasteiger charge is 2.26. The zero-order chi connectivity index (χ0) is 12.5. The van der Waals surface area contributed by atoms with E-state index in [4.69, 9.17) is 11.6 Å². The minimum atomic E-state index is -3.52. The van der Waals surface area contributed by atoms with Crippen LogP contribution in [0.4, 0.5) is 0 Å². The Kier molecular flexibility index (Phi) is 3.25. The van der Waals surface area contributed by atoms with Crippen molar-refractivity contribution in [2.75, 3.05) is 5.88 Å². The summed E-state index contributed by atoms with van der Waals surface area (Å²) < 4.78 is 25.6. The van der Waals surface area contributed by atoms with E-state index in [0.717, 1.165) is 4.52 Å². The predicted octanol–water partition coefficient (Wildman–Crippen LogP) is 0.310. The van der Waals surface area contributed by atoms with E-state index in [2.05, 4.69) is 20.5 Å². The van der Waals surface area contributed by atoms with Crippen molar-refractivity contribution in [3.63, 3.8) is 0 Å². The maximum absolute atomic E-state index is 12.2. The molecule has 0 aliphatic heterocycles. The monoisotopic (exact) mass is 275 g/mol. The molecule has 17 heavy (non-hydrogen) atoms. The molecule has 0 bridgehead atoms. The summed E-state index contributed by atoms with van der Waals surface area (Å²) in [7, 11) is -3.52. The van der Waals surface area contributed by atoms with E-state index < -0.39 is 15.1 Å². The van der Waals surface area contributed by atoms with Gasteiger partial charge in [-0.3, -0.25) is 4.98 Å². The Morgan fingerprint density at radius 3 is 2.94 bits per heavy atom. The molecule has 2 aromatic rings. The third-order valence-electron chi connectivity index (χ3n) is 2.41. The molecule has 1 atom stereocenters. The Morgan fingerprint density at radius 2 is 2.24 bits per heavy atom. The third-order valence-corrected chi connectivity index (χ3v) is 4.79. The van der Waals surface area contributed by atoms with Gasteiger partial charge in [0.1, 0.15) is 0 Å². The Balaban J connectivity index is 2.56. The van der Waals surface area contributed by atoms with E-state index in [-0.39, 0.29) is 10.9 Å². The summed E-state index contributed by atoms with van der Waals surface area (Å²) in [6, 6.07) is 0. The van der Waals surface area contributed by atoms with E-state index in [0.29, 0.717) is 12.1 Å². The van der Waals surface area contributed by atoms with Gasteiger partial charge in [-0.25, -0.2) is 8.42 Å².